The van der Waals surface area contributed by atoms with Crippen molar-refractivity contribution in [2.75, 3.05) is 0 Å². The molecule has 0 fully saturated rings. The van der Waals surface area contributed by atoms with Crippen LogP contribution in [0.3, 0.4) is 0 Å². The molecule has 8 nitrogen and oxygen atoms in total. The van der Waals surface area contributed by atoms with Crippen molar-refractivity contribution in [3.63, 3.8) is 0 Å². The molecule has 6 heterocycles. The van der Waals surface area contributed by atoms with E-state index >= 15 is 0 Å². The lowest BCUT2D eigenvalue weighted by atomic mass is 9.88. The summed E-state index contributed by atoms with van der Waals surface area (Å²) in [5, 5.41) is 20.0. The Labute approximate surface area is 624 Å². The van der Waals surface area contributed by atoms with Crippen LogP contribution in [0, 0.1) is 0 Å². The van der Waals surface area contributed by atoms with Gasteiger partial charge in [-0.15, -0.1) is 0 Å². The van der Waals surface area contributed by atoms with E-state index in [2.05, 4.69) is 417 Å². The van der Waals surface area contributed by atoms with Crippen molar-refractivity contribution in [1.29, 1.82) is 0 Å². The Morgan fingerprint density at radius 3 is 1.22 bits per heavy atom. The van der Waals surface area contributed by atoms with Gasteiger partial charge in [0, 0.05) is 89.7 Å². The van der Waals surface area contributed by atoms with E-state index in [0.29, 0.717) is 0 Å². The van der Waals surface area contributed by atoms with E-state index in [-0.39, 0.29) is 12.1 Å². The lowest BCUT2D eigenvalue weighted by molar-refractivity contribution is 0.750. The second kappa shape index (κ2) is 25.8. The number of fused-ring (bicyclic) bond motifs is 14. The number of nitrogens with one attached hydrogen (secondary N) is 2. The van der Waals surface area contributed by atoms with Gasteiger partial charge in [0.05, 0.1) is 56.6 Å². The van der Waals surface area contributed by atoms with Gasteiger partial charge in [-0.1, -0.05) is 255 Å². The second-order valence-corrected chi connectivity index (χ2v) is 28.1. The molecule has 16 aromatic carbocycles. The quantitative estimate of drug-likeness (QED) is 0.143. The molecule has 0 amide bonds. The van der Waals surface area contributed by atoms with E-state index in [4.69, 9.17) is 9.98 Å². The van der Waals surface area contributed by atoms with Crippen LogP contribution in [0.5, 0.6) is 0 Å². The van der Waals surface area contributed by atoms with Crippen molar-refractivity contribution in [3.05, 3.63) is 422 Å². The molecule has 8 heteroatoms. The Kier molecular flexibility index (Phi) is 14.9. The molecule has 508 valence electrons. The first kappa shape index (κ1) is 62.2. The van der Waals surface area contributed by atoms with E-state index in [9.17, 15) is 0 Å². The molecule has 0 aliphatic carbocycles. The molecule has 2 N–H and O–H groups in total. The first-order valence-corrected chi connectivity index (χ1v) is 37.0. The molecule has 0 saturated carbocycles. The van der Waals surface area contributed by atoms with E-state index in [1.165, 1.54) is 131 Å². The maximum Gasteiger partial charge on any atom is 0.134 e. The van der Waals surface area contributed by atoms with Gasteiger partial charge >= 0.3 is 0 Å². The monoisotopic (exact) mass is 1380 g/mol. The summed E-state index contributed by atoms with van der Waals surface area (Å²) in [4.78, 5) is 10.4. The van der Waals surface area contributed by atoms with Gasteiger partial charge < -0.3 is 28.9 Å². The Hall–Kier alpha value is -14.3. The van der Waals surface area contributed by atoms with Crippen LogP contribution in [0.15, 0.2) is 398 Å². The van der Waals surface area contributed by atoms with Crippen LogP contribution < -0.4 is 10.6 Å². The van der Waals surface area contributed by atoms with Crippen molar-refractivity contribution < 1.29 is 0 Å². The Balaban J connectivity index is 0.000000138. The summed E-state index contributed by atoms with van der Waals surface area (Å²) in [5.74, 6) is 1.73. The van der Waals surface area contributed by atoms with Gasteiger partial charge in [-0.3, -0.25) is 0 Å². The number of rotatable bonds is 10. The first-order valence-electron chi connectivity index (χ1n) is 37.0. The molecule has 2 aliphatic rings. The van der Waals surface area contributed by atoms with Crippen LogP contribution >= 0.6 is 0 Å². The first-order chi connectivity index (χ1) is 53.6. The molecular formula is C100H68N8. The highest BCUT2D eigenvalue weighted by molar-refractivity contribution is 6.20. The van der Waals surface area contributed by atoms with E-state index in [1.54, 1.807) is 0 Å². The fourth-order valence-electron chi connectivity index (χ4n) is 16.9. The van der Waals surface area contributed by atoms with Crippen LogP contribution in [-0.4, -0.2) is 29.9 Å². The number of benzene rings is 16. The molecule has 2 aliphatic heterocycles. The molecule has 0 radical (unpaired) electrons. The summed E-state index contributed by atoms with van der Waals surface area (Å²) >= 11 is 0. The van der Waals surface area contributed by atoms with Gasteiger partial charge in [-0.05, 0) is 176 Å². The third-order valence-electron chi connectivity index (χ3n) is 22.0. The third kappa shape index (κ3) is 10.5. The van der Waals surface area contributed by atoms with Gasteiger partial charge in [0.25, 0.3) is 0 Å². The highest BCUT2D eigenvalue weighted by Crippen LogP contribution is 2.44. The molecule has 22 rings (SSSR count). The second-order valence-electron chi connectivity index (χ2n) is 28.1. The van der Waals surface area contributed by atoms with E-state index in [1.807, 2.05) is 0 Å². The molecule has 4 aromatic heterocycles. The number of aliphatic imine (C=N–C) groups is 2. The fraction of sp³-hybridized carbons (Fsp3) is 0.0200. The number of aromatic nitrogens is 4. The van der Waals surface area contributed by atoms with E-state index in [0.717, 1.165) is 56.9 Å². The minimum absolute atomic E-state index is 0.0389. The largest absolute Gasteiger partial charge is 0.359 e. The number of hydrogen-bond donors (Lipinski definition) is 2. The normalized spacial score (nSPS) is 14.0. The van der Waals surface area contributed by atoms with Crippen LogP contribution in [-0.2, 0) is 0 Å². The third-order valence-corrected chi connectivity index (χ3v) is 22.0. The van der Waals surface area contributed by atoms with Gasteiger partial charge in [0.2, 0.25) is 0 Å². The van der Waals surface area contributed by atoms with Gasteiger partial charge in [-0.2, -0.15) is 0 Å². The lowest BCUT2D eigenvalue weighted by Gasteiger charge is -2.29. The maximum atomic E-state index is 5.20. The summed E-state index contributed by atoms with van der Waals surface area (Å²) in [5.41, 5.74) is 25.4. The van der Waals surface area contributed by atoms with Crippen LogP contribution in [0.25, 0.3) is 132 Å². The Morgan fingerprint density at radius 2 is 0.667 bits per heavy atom. The highest BCUT2D eigenvalue weighted by Gasteiger charge is 2.29. The van der Waals surface area contributed by atoms with Crippen LogP contribution in [0.4, 0.5) is 11.4 Å². The molecular weight excluding hydrogens is 1310 g/mol. The lowest BCUT2D eigenvalue weighted by Crippen LogP contribution is -2.33. The number of para-hydroxylation sites is 6. The molecule has 0 bridgehead atoms. The van der Waals surface area contributed by atoms with Gasteiger partial charge in [0.1, 0.15) is 11.7 Å². The molecule has 0 saturated heterocycles. The van der Waals surface area contributed by atoms with Crippen molar-refractivity contribution in [2.24, 2.45) is 9.98 Å². The highest BCUT2D eigenvalue weighted by atomic mass is 15.1. The van der Waals surface area contributed by atoms with Crippen molar-refractivity contribution in [3.8, 4) is 45.0 Å². The van der Waals surface area contributed by atoms with E-state index < -0.39 is 0 Å². The summed E-state index contributed by atoms with van der Waals surface area (Å²) in [6.07, 6.45) is 4.37. The molecule has 2 atom stereocenters. The van der Waals surface area contributed by atoms with Crippen molar-refractivity contribution in [1.82, 2.24) is 28.9 Å². The van der Waals surface area contributed by atoms with Gasteiger partial charge in [0.15, 0.2) is 0 Å². The minimum atomic E-state index is -0.0699. The summed E-state index contributed by atoms with van der Waals surface area (Å²) in [7, 11) is 0. The molecule has 2 unspecified atom stereocenters. The molecule has 20 aromatic rings. The average molecular weight is 1380 g/mol. The number of nitrogens with zero attached hydrogens (tertiary/aromatic N) is 6. The van der Waals surface area contributed by atoms with Crippen LogP contribution in [0.2, 0.25) is 0 Å². The number of hydrogen-bond acceptors (Lipinski definition) is 4. The zero-order chi connectivity index (χ0) is 71.2. The summed E-state index contributed by atoms with van der Waals surface area (Å²) in [6.45, 7) is 0. The molecule has 108 heavy (non-hydrogen) atoms. The Morgan fingerprint density at radius 1 is 0.241 bits per heavy atom. The standard InChI is InChI=1S/2C50H34N4/c1-3-11-33(12-4-1)36-19-20-38-32-39(22-21-37(38)31-36)47-44-16-7-9-17-45(44)51-50(52-47)35-23-26-41(27-24-35)54-46-18-10-8-15-42(46)43-28-25-34-29-30-53(48(34)49(43)54)40-13-5-2-6-14-40;1-3-13-33(14-4-1)38-29-30-42(40-18-8-7-17-39(38)40)47-44-20-9-11-21-45(44)51-50(52-47)35-23-26-37(27-24-35)54-46-22-12-10-19-41(46)43-28-25-34-31-32-53(48(34)49(43)54)36-15-5-2-6-16-36/h2*1-32,47H,(H,51,52). The van der Waals surface area contributed by atoms with Crippen molar-refractivity contribution in [2.45, 2.75) is 12.1 Å². The zero-order valence-electron chi connectivity index (χ0n) is 58.8. The summed E-state index contributed by atoms with van der Waals surface area (Å²) in [6, 6.07) is 135. The predicted molar refractivity (Wildman–Crippen MR) is 449 cm³/mol. The smallest absolute Gasteiger partial charge is 0.134 e. The van der Waals surface area contributed by atoms with Gasteiger partial charge in [-0.25, -0.2) is 9.98 Å². The SMILES string of the molecule is c1ccc(-c2ccc(C3NC(c4ccc(-n5c6ccccc6c6ccc7ccn(-c8ccccc8)c7c65)cc4)=Nc4ccccc43)c3ccccc23)cc1.c1ccc(-c2ccc3cc(C4NC(c5ccc(-n6c7ccccc7c7ccc8ccn(-c9ccccc9)c8c76)cc5)=Nc5ccccc54)ccc3c2)cc1. The Bertz CT molecular complexity index is 6960. The maximum absolute atomic E-state index is 5.20. The molecule has 0 spiro atoms. The average Bonchev–Trinajstić information content (AvgIpc) is 1.54. The topological polar surface area (TPSA) is 68.5 Å². The number of amidine groups is 2. The van der Waals surface area contributed by atoms with Crippen molar-refractivity contribution >= 4 is 110 Å². The predicted octanol–water partition coefficient (Wildman–Crippen LogP) is 24.6. The van der Waals surface area contributed by atoms with Crippen LogP contribution in [0.1, 0.15) is 45.5 Å². The zero-order valence-corrected chi connectivity index (χ0v) is 58.8. The minimum Gasteiger partial charge on any atom is -0.359 e. The fourth-order valence-corrected chi connectivity index (χ4v) is 16.9. The summed E-state index contributed by atoms with van der Waals surface area (Å²) < 4.78 is 9.47.